The fourth-order valence-corrected chi connectivity index (χ4v) is 2.28. The van der Waals surface area contributed by atoms with Crippen LogP contribution in [0.15, 0.2) is 12.7 Å². The molecular weight excluding hydrogens is 286 g/mol. The Kier molecular flexibility index (Phi) is 4.14. The molecule has 1 saturated heterocycles. The van der Waals surface area contributed by atoms with Gasteiger partial charge in [-0.1, -0.05) is 13.8 Å². The van der Waals surface area contributed by atoms with Gasteiger partial charge in [0.15, 0.2) is 11.6 Å². The predicted molar refractivity (Wildman–Crippen MR) is 75.8 cm³/mol. The fraction of sp³-hybridized carbons (Fsp3) is 0.615. The maximum absolute atomic E-state index is 12.3. The number of hydrogen-bond donors (Lipinski definition) is 1. The molecule has 0 spiro atoms. The van der Waals surface area contributed by atoms with Crippen molar-refractivity contribution in [2.75, 3.05) is 19.7 Å². The molecule has 118 valence electrons. The molecule has 1 amide bonds. The van der Waals surface area contributed by atoms with Crippen molar-refractivity contribution < 1.29 is 9.53 Å². The van der Waals surface area contributed by atoms with Gasteiger partial charge in [-0.15, -0.1) is 0 Å². The highest BCUT2D eigenvalue weighted by molar-refractivity contribution is 5.76. The largest absolute Gasteiger partial charge is 0.367 e. The van der Waals surface area contributed by atoms with Crippen LogP contribution in [-0.4, -0.2) is 60.4 Å². The second-order valence-corrected chi connectivity index (χ2v) is 5.53. The third-order valence-electron chi connectivity index (χ3n) is 3.52. The molecule has 0 aromatic carbocycles. The van der Waals surface area contributed by atoms with Gasteiger partial charge in [0.1, 0.15) is 25.3 Å². The van der Waals surface area contributed by atoms with Gasteiger partial charge < -0.3 is 9.64 Å². The molecule has 1 aliphatic heterocycles. The van der Waals surface area contributed by atoms with Crippen molar-refractivity contribution in [3.8, 4) is 0 Å². The van der Waals surface area contributed by atoms with E-state index in [4.69, 9.17) is 4.74 Å². The summed E-state index contributed by atoms with van der Waals surface area (Å²) >= 11 is 0. The van der Waals surface area contributed by atoms with E-state index in [1.54, 1.807) is 4.90 Å². The first-order chi connectivity index (χ1) is 10.6. The third kappa shape index (κ3) is 3.14. The summed E-state index contributed by atoms with van der Waals surface area (Å²) in [6, 6.07) is 0. The Balaban J connectivity index is 1.64. The zero-order valence-corrected chi connectivity index (χ0v) is 12.6. The van der Waals surface area contributed by atoms with Crippen LogP contribution in [0.25, 0.3) is 0 Å². The van der Waals surface area contributed by atoms with Crippen molar-refractivity contribution in [3.05, 3.63) is 24.3 Å². The van der Waals surface area contributed by atoms with E-state index in [-0.39, 0.29) is 24.5 Å². The molecule has 3 heterocycles. The monoisotopic (exact) mass is 305 g/mol. The first-order valence-electron chi connectivity index (χ1n) is 7.27. The zero-order chi connectivity index (χ0) is 15.5. The number of carbonyl (C=O) groups is 1. The minimum absolute atomic E-state index is 0.0117. The standard InChI is InChI=1S/C13H19N7O2/c1-9(2)12-16-13(18-17-12)10-5-19(3-4-22-10)11(21)6-20-8-14-7-15-20/h7-10H,3-6H2,1-2H3,(H,16,17,18)/t10-/m1/s1. The molecule has 9 nitrogen and oxygen atoms in total. The van der Waals surface area contributed by atoms with Crippen molar-refractivity contribution in [2.45, 2.75) is 32.4 Å². The van der Waals surface area contributed by atoms with Crippen molar-refractivity contribution in [2.24, 2.45) is 0 Å². The molecule has 0 radical (unpaired) electrons. The van der Waals surface area contributed by atoms with Gasteiger partial charge in [-0.2, -0.15) is 10.2 Å². The molecule has 22 heavy (non-hydrogen) atoms. The summed E-state index contributed by atoms with van der Waals surface area (Å²) in [4.78, 5) is 22.3. The number of nitrogens with one attached hydrogen (secondary N) is 1. The van der Waals surface area contributed by atoms with Gasteiger partial charge in [-0.3, -0.25) is 9.89 Å². The number of aromatic nitrogens is 6. The van der Waals surface area contributed by atoms with E-state index >= 15 is 0 Å². The smallest absolute Gasteiger partial charge is 0.244 e. The maximum atomic E-state index is 12.3. The normalized spacial score (nSPS) is 18.9. The van der Waals surface area contributed by atoms with E-state index in [1.165, 1.54) is 17.3 Å². The summed E-state index contributed by atoms with van der Waals surface area (Å²) in [7, 11) is 0. The predicted octanol–water partition coefficient (Wildman–Crippen LogP) is 0.120. The molecule has 0 bridgehead atoms. The molecule has 9 heteroatoms. The van der Waals surface area contributed by atoms with Gasteiger partial charge in [0.05, 0.1) is 13.2 Å². The SMILES string of the molecule is CC(C)c1n[nH]c([C@H]2CN(C(=O)Cn3cncn3)CCO2)n1. The highest BCUT2D eigenvalue weighted by atomic mass is 16.5. The average Bonchev–Trinajstić information content (AvgIpc) is 3.18. The number of nitrogens with zero attached hydrogens (tertiary/aromatic N) is 6. The van der Waals surface area contributed by atoms with Crippen LogP contribution >= 0.6 is 0 Å². The lowest BCUT2D eigenvalue weighted by atomic mass is 10.2. The lowest BCUT2D eigenvalue weighted by molar-refractivity contribution is -0.140. The number of carbonyl (C=O) groups excluding carboxylic acids is 1. The first kappa shape index (κ1) is 14.6. The summed E-state index contributed by atoms with van der Waals surface area (Å²) in [5.74, 6) is 1.66. The average molecular weight is 305 g/mol. The number of amides is 1. The van der Waals surface area contributed by atoms with Crippen LogP contribution in [0.1, 0.15) is 37.5 Å². The molecule has 1 fully saturated rings. The van der Waals surface area contributed by atoms with E-state index in [0.29, 0.717) is 25.5 Å². The Morgan fingerprint density at radius 2 is 2.41 bits per heavy atom. The van der Waals surface area contributed by atoms with Gasteiger partial charge in [0.25, 0.3) is 0 Å². The van der Waals surface area contributed by atoms with E-state index in [0.717, 1.165) is 5.82 Å². The summed E-state index contributed by atoms with van der Waals surface area (Å²) in [5.41, 5.74) is 0. The molecule has 0 aliphatic carbocycles. The van der Waals surface area contributed by atoms with Crippen molar-refractivity contribution in [3.63, 3.8) is 0 Å². The maximum Gasteiger partial charge on any atom is 0.244 e. The van der Waals surface area contributed by atoms with Crippen molar-refractivity contribution in [1.29, 1.82) is 0 Å². The van der Waals surface area contributed by atoms with Crippen molar-refractivity contribution >= 4 is 5.91 Å². The van der Waals surface area contributed by atoms with Crippen LogP contribution in [0.4, 0.5) is 0 Å². The minimum Gasteiger partial charge on any atom is -0.367 e. The quantitative estimate of drug-likeness (QED) is 0.861. The van der Waals surface area contributed by atoms with Gasteiger partial charge in [-0.05, 0) is 0 Å². The molecule has 1 aliphatic rings. The molecule has 2 aromatic heterocycles. The van der Waals surface area contributed by atoms with Gasteiger partial charge >= 0.3 is 0 Å². The summed E-state index contributed by atoms with van der Waals surface area (Å²) < 4.78 is 7.22. The third-order valence-corrected chi connectivity index (χ3v) is 3.52. The summed E-state index contributed by atoms with van der Waals surface area (Å²) in [6.07, 6.45) is 2.67. The van der Waals surface area contributed by atoms with Crippen LogP contribution in [0.2, 0.25) is 0 Å². The lowest BCUT2D eigenvalue weighted by Crippen LogP contribution is -2.44. The van der Waals surface area contributed by atoms with Crippen LogP contribution in [0.3, 0.4) is 0 Å². The molecule has 0 saturated carbocycles. The highest BCUT2D eigenvalue weighted by Crippen LogP contribution is 2.20. The number of aromatic amines is 1. The van der Waals surface area contributed by atoms with Crippen LogP contribution in [-0.2, 0) is 16.1 Å². The van der Waals surface area contributed by atoms with E-state index in [1.807, 2.05) is 13.8 Å². The molecular formula is C13H19N7O2. The number of ether oxygens (including phenoxy) is 1. The van der Waals surface area contributed by atoms with Crippen LogP contribution in [0, 0.1) is 0 Å². The highest BCUT2D eigenvalue weighted by Gasteiger charge is 2.28. The summed E-state index contributed by atoms with van der Waals surface area (Å²) in [6.45, 7) is 5.74. The fourth-order valence-electron chi connectivity index (χ4n) is 2.28. The Hall–Kier alpha value is -2.29. The number of morpholine rings is 1. The van der Waals surface area contributed by atoms with Gasteiger partial charge in [0.2, 0.25) is 5.91 Å². The lowest BCUT2D eigenvalue weighted by Gasteiger charge is -2.31. The van der Waals surface area contributed by atoms with Crippen LogP contribution in [0.5, 0.6) is 0 Å². The van der Waals surface area contributed by atoms with Crippen molar-refractivity contribution in [1.82, 2.24) is 34.8 Å². The van der Waals surface area contributed by atoms with Gasteiger partial charge in [0, 0.05) is 12.5 Å². The Labute approximate surface area is 127 Å². The number of rotatable bonds is 4. The summed E-state index contributed by atoms with van der Waals surface area (Å²) in [5, 5.41) is 11.0. The van der Waals surface area contributed by atoms with E-state index < -0.39 is 0 Å². The minimum atomic E-state index is -0.270. The zero-order valence-electron chi connectivity index (χ0n) is 12.6. The topological polar surface area (TPSA) is 102 Å². The first-order valence-corrected chi connectivity index (χ1v) is 7.27. The van der Waals surface area contributed by atoms with Crippen LogP contribution < -0.4 is 0 Å². The molecule has 0 unspecified atom stereocenters. The second-order valence-electron chi connectivity index (χ2n) is 5.53. The Bertz CT molecular complexity index is 622. The van der Waals surface area contributed by atoms with E-state index in [9.17, 15) is 4.79 Å². The number of hydrogen-bond acceptors (Lipinski definition) is 6. The number of H-pyrrole nitrogens is 1. The molecule has 1 atom stereocenters. The molecule has 3 rings (SSSR count). The van der Waals surface area contributed by atoms with E-state index in [2.05, 4.69) is 25.3 Å². The molecule has 1 N–H and O–H groups in total. The Morgan fingerprint density at radius 3 is 3.09 bits per heavy atom. The second kappa shape index (κ2) is 6.22. The van der Waals surface area contributed by atoms with Gasteiger partial charge in [-0.25, -0.2) is 14.6 Å². The molecule has 2 aromatic rings. The Morgan fingerprint density at radius 1 is 1.55 bits per heavy atom.